The highest BCUT2D eigenvalue weighted by Crippen LogP contribution is 2.54. The van der Waals surface area contributed by atoms with Gasteiger partial charge in [0, 0.05) is 38.7 Å². The fourth-order valence-corrected chi connectivity index (χ4v) is 13.0. The van der Waals surface area contributed by atoms with Crippen LogP contribution in [0.1, 0.15) is 49.9 Å². The zero-order chi connectivity index (χ0) is 48.0. The third kappa shape index (κ3) is 5.84. The van der Waals surface area contributed by atoms with Gasteiger partial charge in [-0.25, -0.2) is 0 Å². The Morgan fingerprint density at radius 1 is 0.278 bits per heavy atom. The minimum absolute atomic E-state index is 0.123. The monoisotopic (exact) mass is 919 g/mol. The molecule has 2 nitrogen and oxygen atoms in total. The average Bonchev–Trinajstić information content (AvgIpc) is 3.99. The molecule has 0 amide bonds. The Bertz CT molecular complexity index is 4360. The van der Waals surface area contributed by atoms with Crippen LogP contribution in [-0.4, -0.2) is 0 Å². The van der Waals surface area contributed by atoms with Gasteiger partial charge in [0.2, 0.25) is 0 Å². The highest BCUT2D eigenvalue weighted by atomic mass is 16.3. The summed E-state index contributed by atoms with van der Waals surface area (Å²) in [6, 6.07) is 83.9. The number of para-hydroxylation sites is 1. The van der Waals surface area contributed by atoms with Gasteiger partial charge < -0.3 is 9.32 Å². The molecule has 0 aliphatic heterocycles. The number of hydrogen-bond acceptors (Lipinski definition) is 2. The van der Waals surface area contributed by atoms with Gasteiger partial charge in [-0.05, 0) is 183 Å². The minimum Gasteiger partial charge on any atom is -0.456 e. The lowest BCUT2D eigenvalue weighted by Crippen LogP contribution is -2.18. The molecule has 2 aliphatic carbocycles. The van der Waals surface area contributed by atoms with Gasteiger partial charge in [0.1, 0.15) is 11.2 Å². The van der Waals surface area contributed by atoms with Gasteiger partial charge in [-0.15, -0.1) is 0 Å². The first-order chi connectivity index (χ1) is 35.2. The summed E-state index contributed by atoms with van der Waals surface area (Å²) in [5.41, 5.74) is 20.7. The van der Waals surface area contributed by atoms with Crippen LogP contribution >= 0.6 is 0 Å². The largest absolute Gasteiger partial charge is 0.456 e. The van der Waals surface area contributed by atoms with E-state index in [0.29, 0.717) is 0 Å². The summed E-state index contributed by atoms with van der Waals surface area (Å²) in [5.74, 6) is 0. The Hall–Kier alpha value is -8.72. The van der Waals surface area contributed by atoms with Gasteiger partial charge in [-0.2, -0.15) is 0 Å². The van der Waals surface area contributed by atoms with E-state index < -0.39 is 0 Å². The van der Waals surface area contributed by atoms with Gasteiger partial charge in [0.15, 0.2) is 0 Å². The van der Waals surface area contributed by atoms with Crippen LogP contribution in [-0.2, 0) is 10.8 Å². The van der Waals surface area contributed by atoms with Crippen molar-refractivity contribution in [1.82, 2.24) is 0 Å². The molecule has 0 spiro atoms. The van der Waals surface area contributed by atoms with Crippen LogP contribution in [0.5, 0.6) is 0 Å². The highest BCUT2D eigenvalue weighted by molar-refractivity contribution is 6.24. The molecule has 0 atom stereocenters. The summed E-state index contributed by atoms with van der Waals surface area (Å²) in [5, 5.41) is 12.2. The highest BCUT2D eigenvalue weighted by Gasteiger charge is 2.38. The molecule has 0 radical (unpaired) electrons. The number of furan rings is 1. The van der Waals surface area contributed by atoms with E-state index in [-0.39, 0.29) is 10.8 Å². The molecule has 72 heavy (non-hydrogen) atoms. The summed E-state index contributed by atoms with van der Waals surface area (Å²) >= 11 is 0. The third-order valence-corrected chi connectivity index (χ3v) is 16.6. The molecule has 1 heterocycles. The molecule has 0 saturated carbocycles. The first-order valence-electron chi connectivity index (χ1n) is 25.3. The van der Waals surface area contributed by atoms with Crippen LogP contribution < -0.4 is 4.90 Å². The van der Waals surface area contributed by atoms with Crippen LogP contribution in [0.3, 0.4) is 0 Å². The quantitative estimate of drug-likeness (QED) is 0.160. The Labute approximate surface area is 419 Å². The van der Waals surface area contributed by atoms with Gasteiger partial charge in [-0.3, -0.25) is 0 Å². The van der Waals surface area contributed by atoms with Gasteiger partial charge >= 0.3 is 0 Å². The molecule has 1 aromatic heterocycles. The molecular weight excluding hydrogens is 871 g/mol. The zero-order valence-corrected chi connectivity index (χ0v) is 40.7. The number of rotatable bonds is 5. The number of hydrogen-bond donors (Lipinski definition) is 0. The second-order valence-electron chi connectivity index (χ2n) is 21.2. The predicted octanol–water partition coefficient (Wildman–Crippen LogP) is 19.6. The molecule has 13 aromatic rings. The molecule has 2 heteroatoms. The number of nitrogens with zero attached hydrogens (tertiary/aromatic N) is 1. The van der Waals surface area contributed by atoms with E-state index in [1.165, 1.54) is 110 Å². The Morgan fingerprint density at radius 3 is 1.32 bits per heavy atom. The lowest BCUT2D eigenvalue weighted by molar-refractivity contribution is 0.660. The van der Waals surface area contributed by atoms with Crippen LogP contribution in [0.4, 0.5) is 17.1 Å². The summed E-state index contributed by atoms with van der Waals surface area (Å²) in [4.78, 5) is 2.48. The molecule has 2 aliphatic rings. The maximum absolute atomic E-state index is 6.25. The van der Waals surface area contributed by atoms with Crippen molar-refractivity contribution in [3.8, 4) is 44.5 Å². The van der Waals surface area contributed by atoms with Crippen molar-refractivity contribution >= 4 is 82.1 Å². The average molecular weight is 920 g/mol. The van der Waals surface area contributed by atoms with Crippen LogP contribution in [0.25, 0.3) is 110 Å². The van der Waals surface area contributed by atoms with Crippen molar-refractivity contribution in [1.29, 1.82) is 0 Å². The maximum atomic E-state index is 6.25. The molecule has 0 N–H and O–H groups in total. The number of fused-ring (bicyclic) bond motifs is 15. The van der Waals surface area contributed by atoms with E-state index in [4.69, 9.17) is 4.42 Å². The molecule has 340 valence electrons. The first kappa shape index (κ1) is 41.1. The van der Waals surface area contributed by atoms with E-state index in [2.05, 4.69) is 251 Å². The number of anilines is 3. The van der Waals surface area contributed by atoms with Crippen LogP contribution in [0.15, 0.2) is 229 Å². The van der Waals surface area contributed by atoms with Crippen molar-refractivity contribution in [3.63, 3.8) is 0 Å². The zero-order valence-electron chi connectivity index (χ0n) is 40.7. The molecule has 12 aromatic carbocycles. The predicted molar refractivity (Wildman–Crippen MR) is 304 cm³/mol. The van der Waals surface area contributed by atoms with E-state index in [1.807, 2.05) is 6.07 Å². The second-order valence-corrected chi connectivity index (χ2v) is 21.2. The summed E-state index contributed by atoms with van der Waals surface area (Å²) in [6.07, 6.45) is 0. The van der Waals surface area contributed by atoms with Crippen LogP contribution in [0, 0.1) is 0 Å². The smallest absolute Gasteiger partial charge is 0.135 e. The second kappa shape index (κ2) is 14.9. The summed E-state index contributed by atoms with van der Waals surface area (Å²) in [6.45, 7) is 9.49. The van der Waals surface area contributed by atoms with Crippen molar-refractivity contribution in [2.75, 3.05) is 4.90 Å². The van der Waals surface area contributed by atoms with Crippen molar-refractivity contribution in [2.45, 2.75) is 38.5 Å². The van der Waals surface area contributed by atoms with Gasteiger partial charge in [0.05, 0.1) is 0 Å². The normalized spacial score (nSPS) is 14.1. The van der Waals surface area contributed by atoms with Crippen molar-refractivity contribution in [2.24, 2.45) is 0 Å². The van der Waals surface area contributed by atoms with Crippen LogP contribution in [0.2, 0.25) is 0 Å². The lowest BCUT2D eigenvalue weighted by atomic mass is 9.82. The van der Waals surface area contributed by atoms with Gasteiger partial charge in [-0.1, -0.05) is 179 Å². The molecule has 15 rings (SSSR count). The summed E-state index contributed by atoms with van der Waals surface area (Å²) < 4.78 is 6.25. The van der Waals surface area contributed by atoms with Crippen molar-refractivity contribution < 1.29 is 4.42 Å². The molecule has 0 saturated heterocycles. The van der Waals surface area contributed by atoms with E-state index in [9.17, 15) is 0 Å². The summed E-state index contributed by atoms with van der Waals surface area (Å²) in [7, 11) is 0. The van der Waals surface area contributed by atoms with E-state index >= 15 is 0 Å². The standard InChI is InChI=1S/C70H49NO/c1-69(2)63-22-12-9-19-53(63)55-32-30-47(38-65(55)69)71(48-31-33-56-54-20-10-13-23-64(54)70(3,4)66(56)39-48)46-29-27-42-35-44(26-25-43(42)36-46)58-40-60-52-18-8-6-16-50(52)59(41-61(60)51-17-7-5-15-49(51)58)45-28-34-68-62(37-45)57-21-11-14-24-67(57)72-68/h5-41H,1-4H3. The van der Waals surface area contributed by atoms with Crippen molar-refractivity contribution in [3.05, 3.63) is 247 Å². The third-order valence-electron chi connectivity index (χ3n) is 16.6. The molecule has 0 fully saturated rings. The SMILES string of the molecule is CC1(C)c2ccccc2-c2ccc(N(c3ccc4c(c3)C(C)(C)c3ccccc3-4)c3ccc4cc(-c5cc6c7ccccc7c(-c7ccc8oc9ccccc9c8c7)cc6c6ccccc56)ccc4c3)cc21. The van der Waals surface area contributed by atoms with Gasteiger partial charge in [0.25, 0.3) is 0 Å². The number of benzene rings is 12. The fourth-order valence-electron chi connectivity index (χ4n) is 13.0. The Morgan fingerprint density at radius 2 is 0.708 bits per heavy atom. The Kier molecular flexibility index (Phi) is 8.51. The fraction of sp³-hybridized carbons (Fsp3) is 0.0857. The van der Waals surface area contributed by atoms with E-state index in [0.717, 1.165) is 39.0 Å². The topological polar surface area (TPSA) is 16.4 Å². The maximum Gasteiger partial charge on any atom is 0.135 e. The van der Waals surface area contributed by atoms with E-state index in [1.54, 1.807) is 0 Å². The molecule has 0 unspecified atom stereocenters. The first-order valence-corrected chi connectivity index (χ1v) is 25.3. The Balaban J connectivity index is 0.872. The lowest BCUT2D eigenvalue weighted by Gasteiger charge is -2.30. The molecule has 0 bridgehead atoms. The molecular formula is C70H49NO. The minimum atomic E-state index is -0.123.